The predicted octanol–water partition coefficient (Wildman–Crippen LogP) is 1.88. The molecular weight excluding hydrogens is 264 g/mol. The molecule has 0 heterocycles. The number of nitrogens with one attached hydrogen (secondary N) is 1. The van der Waals surface area contributed by atoms with Crippen LogP contribution in [0, 0.1) is 6.92 Å². The molecule has 0 bridgehead atoms. The Kier molecular flexibility index (Phi) is 4.45. The van der Waals surface area contributed by atoms with E-state index in [1.54, 1.807) is 18.2 Å². The number of hydrogen-bond donors (Lipinski definition) is 2. The molecule has 0 aliphatic heterocycles. The van der Waals surface area contributed by atoms with Crippen LogP contribution in [0.2, 0.25) is 5.02 Å². The average Bonchev–Trinajstić information content (AvgIpc) is 2.38. The van der Waals surface area contributed by atoms with Gasteiger partial charge in [0.1, 0.15) is 0 Å². The molecule has 3 atom stereocenters. The molecule has 1 fully saturated rings. The molecule has 0 aromatic heterocycles. The maximum Gasteiger partial charge on any atom is 0.251 e. The highest BCUT2D eigenvalue weighted by molar-refractivity contribution is 6.31. The van der Waals surface area contributed by atoms with E-state index < -0.39 is 0 Å². The fourth-order valence-electron chi connectivity index (χ4n) is 2.25. The van der Waals surface area contributed by atoms with Gasteiger partial charge in [0.25, 0.3) is 5.91 Å². The zero-order chi connectivity index (χ0) is 14.0. The summed E-state index contributed by atoms with van der Waals surface area (Å²) >= 11 is 5.95. The maximum atomic E-state index is 12.1. The van der Waals surface area contributed by atoms with Crippen LogP contribution in [0.15, 0.2) is 18.2 Å². The molecular formula is C14H19ClN2O2. The molecule has 3 N–H and O–H groups in total. The number of hydrogen-bond acceptors (Lipinski definition) is 3. The summed E-state index contributed by atoms with van der Waals surface area (Å²) in [4.78, 5) is 12.1. The predicted molar refractivity (Wildman–Crippen MR) is 75.4 cm³/mol. The van der Waals surface area contributed by atoms with E-state index >= 15 is 0 Å². The molecule has 1 aliphatic carbocycles. The van der Waals surface area contributed by atoms with E-state index in [1.165, 1.54) is 0 Å². The molecule has 0 saturated heterocycles. The molecule has 0 spiro atoms. The standard InChI is InChI=1S/C14H19ClN2O2/c1-3-19-12-7-11(16)13(12)17-14(18)9-4-5-10(15)8(2)6-9/h4-6,11-13H,3,7,16H2,1-2H3,(H,17,18). The lowest BCUT2D eigenvalue weighted by Gasteiger charge is -2.42. The first-order chi connectivity index (χ1) is 9.02. The first-order valence-electron chi connectivity index (χ1n) is 6.47. The minimum atomic E-state index is -0.135. The number of amides is 1. The van der Waals surface area contributed by atoms with Gasteiger partial charge in [0.15, 0.2) is 0 Å². The molecule has 2 rings (SSSR count). The van der Waals surface area contributed by atoms with Gasteiger partial charge in [-0.15, -0.1) is 0 Å². The Morgan fingerprint density at radius 3 is 2.89 bits per heavy atom. The molecule has 4 nitrogen and oxygen atoms in total. The second-order valence-electron chi connectivity index (χ2n) is 4.86. The highest BCUT2D eigenvalue weighted by Crippen LogP contribution is 2.23. The first kappa shape index (κ1) is 14.3. The van der Waals surface area contributed by atoms with E-state index in [4.69, 9.17) is 22.1 Å². The quantitative estimate of drug-likeness (QED) is 0.886. The van der Waals surface area contributed by atoms with Crippen molar-refractivity contribution >= 4 is 17.5 Å². The molecule has 1 aromatic carbocycles. The van der Waals surface area contributed by atoms with Crippen molar-refractivity contribution in [1.29, 1.82) is 0 Å². The highest BCUT2D eigenvalue weighted by Gasteiger charge is 2.40. The number of nitrogens with two attached hydrogens (primary N) is 1. The molecule has 1 aromatic rings. The van der Waals surface area contributed by atoms with Gasteiger partial charge in [0, 0.05) is 23.2 Å². The van der Waals surface area contributed by atoms with E-state index in [0.717, 1.165) is 12.0 Å². The number of benzene rings is 1. The second-order valence-corrected chi connectivity index (χ2v) is 5.26. The summed E-state index contributed by atoms with van der Waals surface area (Å²) in [6.45, 7) is 4.44. The lowest BCUT2D eigenvalue weighted by molar-refractivity contribution is -0.0300. The van der Waals surface area contributed by atoms with Gasteiger partial charge in [-0.3, -0.25) is 4.79 Å². The van der Waals surface area contributed by atoms with Crippen LogP contribution in [0.25, 0.3) is 0 Å². The van der Waals surface area contributed by atoms with Gasteiger partial charge in [-0.25, -0.2) is 0 Å². The molecule has 0 radical (unpaired) electrons. The zero-order valence-electron chi connectivity index (χ0n) is 11.2. The summed E-state index contributed by atoms with van der Waals surface area (Å²) in [7, 11) is 0. The SMILES string of the molecule is CCOC1CC(N)C1NC(=O)c1ccc(Cl)c(C)c1. The number of ether oxygens (including phenoxy) is 1. The first-order valence-corrected chi connectivity index (χ1v) is 6.85. The Balaban J connectivity index is 2.02. The largest absolute Gasteiger partial charge is 0.376 e. The number of carbonyl (C=O) groups excluding carboxylic acids is 1. The van der Waals surface area contributed by atoms with Crippen LogP contribution in [0.5, 0.6) is 0 Å². The van der Waals surface area contributed by atoms with Crippen molar-refractivity contribution in [2.45, 2.75) is 38.5 Å². The lowest BCUT2D eigenvalue weighted by atomic mass is 9.83. The summed E-state index contributed by atoms with van der Waals surface area (Å²) in [6, 6.07) is 5.08. The van der Waals surface area contributed by atoms with Gasteiger partial charge < -0.3 is 15.8 Å². The average molecular weight is 283 g/mol. The van der Waals surface area contributed by atoms with Crippen LogP contribution in [0.1, 0.15) is 29.3 Å². The summed E-state index contributed by atoms with van der Waals surface area (Å²) in [5.41, 5.74) is 7.38. The molecule has 104 valence electrons. The topological polar surface area (TPSA) is 64.3 Å². The molecule has 1 aliphatic rings. The zero-order valence-corrected chi connectivity index (χ0v) is 11.9. The third kappa shape index (κ3) is 3.08. The van der Waals surface area contributed by atoms with Crippen LogP contribution < -0.4 is 11.1 Å². The summed E-state index contributed by atoms with van der Waals surface area (Å²) in [6.07, 6.45) is 0.815. The molecule has 5 heteroatoms. The van der Waals surface area contributed by atoms with Crippen LogP contribution in [-0.4, -0.2) is 30.7 Å². The van der Waals surface area contributed by atoms with E-state index in [9.17, 15) is 4.79 Å². The van der Waals surface area contributed by atoms with Crippen LogP contribution in [0.3, 0.4) is 0 Å². The summed E-state index contributed by atoms with van der Waals surface area (Å²) < 4.78 is 5.52. The van der Waals surface area contributed by atoms with Crippen LogP contribution in [-0.2, 0) is 4.74 Å². The van der Waals surface area contributed by atoms with E-state index in [-0.39, 0.29) is 24.1 Å². The summed E-state index contributed by atoms with van der Waals surface area (Å²) in [5.74, 6) is -0.135. The number of aryl methyl sites for hydroxylation is 1. The third-order valence-corrected chi connectivity index (χ3v) is 3.89. The molecule has 19 heavy (non-hydrogen) atoms. The second kappa shape index (κ2) is 5.90. The van der Waals surface area contributed by atoms with Crippen molar-refractivity contribution in [2.75, 3.05) is 6.61 Å². The molecule has 1 saturated carbocycles. The van der Waals surface area contributed by atoms with Gasteiger partial charge in [-0.05, 0) is 44.0 Å². The Morgan fingerprint density at radius 2 is 2.32 bits per heavy atom. The van der Waals surface area contributed by atoms with Crippen LogP contribution >= 0.6 is 11.6 Å². The Hall–Kier alpha value is -1.10. The van der Waals surface area contributed by atoms with E-state index in [2.05, 4.69) is 5.32 Å². The van der Waals surface area contributed by atoms with Gasteiger partial charge in [-0.1, -0.05) is 11.6 Å². The maximum absolute atomic E-state index is 12.1. The minimum Gasteiger partial charge on any atom is -0.376 e. The van der Waals surface area contributed by atoms with Gasteiger partial charge >= 0.3 is 0 Å². The van der Waals surface area contributed by atoms with Crippen molar-refractivity contribution in [2.24, 2.45) is 5.73 Å². The smallest absolute Gasteiger partial charge is 0.251 e. The van der Waals surface area contributed by atoms with Crippen molar-refractivity contribution in [3.8, 4) is 0 Å². The molecule has 1 amide bonds. The Bertz CT molecular complexity index is 477. The normalized spacial score (nSPS) is 25.8. The van der Waals surface area contributed by atoms with Crippen molar-refractivity contribution in [3.63, 3.8) is 0 Å². The summed E-state index contributed by atoms with van der Waals surface area (Å²) in [5, 5.41) is 3.59. The number of carbonyl (C=O) groups is 1. The monoisotopic (exact) mass is 282 g/mol. The third-order valence-electron chi connectivity index (χ3n) is 3.46. The van der Waals surface area contributed by atoms with Crippen LogP contribution in [0.4, 0.5) is 0 Å². The Labute approximate surface area is 118 Å². The fraction of sp³-hybridized carbons (Fsp3) is 0.500. The lowest BCUT2D eigenvalue weighted by Crippen LogP contribution is -2.64. The van der Waals surface area contributed by atoms with Gasteiger partial charge in [0.05, 0.1) is 12.1 Å². The molecule has 3 unspecified atom stereocenters. The van der Waals surface area contributed by atoms with Gasteiger partial charge in [-0.2, -0.15) is 0 Å². The van der Waals surface area contributed by atoms with Crippen molar-refractivity contribution in [3.05, 3.63) is 34.3 Å². The van der Waals surface area contributed by atoms with E-state index in [1.807, 2.05) is 13.8 Å². The number of halogens is 1. The number of rotatable bonds is 4. The van der Waals surface area contributed by atoms with E-state index in [0.29, 0.717) is 17.2 Å². The van der Waals surface area contributed by atoms with Crippen molar-refractivity contribution in [1.82, 2.24) is 5.32 Å². The fourth-order valence-corrected chi connectivity index (χ4v) is 2.37. The van der Waals surface area contributed by atoms with Gasteiger partial charge in [0.2, 0.25) is 0 Å². The Morgan fingerprint density at radius 1 is 1.58 bits per heavy atom. The highest BCUT2D eigenvalue weighted by atomic mass is 35.5. The van der Waals surface area contributed by atoms with Crippen molar-refractivity contribution < 1.29 is 9.53 Å². The minimum absolute atomic E-state index is 0.0253.